The van der Waals surface area contributed by atoms with Crippen molar-refractivity contribution in [2.45, 2.75) is 19.8 Å². The average molecular weight is 600 g/mol. The monoisotopic (exact) mass is 599 g/mol. The standard InChI is InChI=1S/C36H29N3O4S/c40-35-34(22-29-14-7-16-31(20-29)42-25-27-10-3-1-4-11-27)44-36(39(35)24-33-18-9-19-41-33)38-37-23-30-15-8-17-32(21-30)43-26-28-12-5-2-6-13-28/h1-23H,24-26H2/b34-22-,37-23+,38-36+. The van der Waals surface area contributed by atoms with Crippen LogP contribution in [0.15, 0.2) is 147 Å². The number of ether oxygens (including phenoxy) is 2. The first-order valence-corrected chi connectivity index (χ1v) is 14.9. The van der Waals surface area contributed by atoms with E-state index in [4.69, 9.17) is 13.9 Å². The summed E-state index contributed by atoms with van der Waals surface area (Å²) < 4.78 is 17.4. The van der Waals surface area contributed by atoms with Crippen LogP contribution in [0, 0.1) is 0 Å². The van der Waals surface area contributed by atoms with E-state index in [1.165, 1.54) is 11.8 Å². The molecule has 0 N–H and O–H groups in total. The van der Waals surface area contributed by atoms with Gasteiger partial charge in [-0.3, -0.25) is 9.69 Å². The summed E-state index contributed by atoms with van der Waals surface area (Å²) in [6.45, 7) is 1.18. The Kier molecular flexibility index (Phi) is 9.30. The molecule has 6 rings (SSSR count). The molecule has 7 nitrogen and oxygen atoms in total. The quantitative estimate of drug-likeness (QED) is 0.0875. The van der Waals surface area contributed by atoms with Crippen molar-refractivity contribution in [3.05, 3.63) is 161 Å². The van der Waals surface area contributed by atoms with Gasteiger partial charge in [0.1, 0.15) is 30.5 Å². The summed E-state index contributed by atoms with van der Waals surface area (Å²) in [6.07, 6.45) is 5.08. The van der Waals surface area contributed by atoms with Crippen LogP contribution in [0.4, 0.5) is 0 Å². The van der Waals surface area contributed by atoms with Gasteiger partial charge < -0.3 is 13.9 Å². The van der Waals surface area contributed by atoms with Gasteiger partial charge in [0.05, 0.1) is 23.9 Å². The third-order valence-corrected chi connectivity index (χ3v) is 7.64. The topological polar surface area (TPSA) is 76.6 Å². The summed E-state index contributed by atoms with van der Waals surface area (Å²) in [7, 11) is 0. The molecule has 2 heterocycles. The van der Waals surface area contributed by atoms with Crippen LogP contribution in [0.5, 0.6) is 11.5 Å². The zero-order valence-corrected chi connectivity index (χ0v) is 24.6. The Morgan fingerprint density at radius 2 is 1.36 bits per heavy atom. The van der Waals surface area contributed by atoms with Crippen molar-refractivity contribution in [3.8, 4) is 11.5 Å². The molecule has 218 valence electrons. The number of rotatable bonds is 11. The number of nitrogens with zero attached hydrogens (tertiary/aromatic N) is 3. The Hall–Kier alpha value is -5.34. The van der Waals surface area contributed by atoms with Crippen LogP contribution in [0.3, 0.4) is 0 Å². The fourth-order valence-corrected chi connectivity index (χ4v) is 5.37. The number of hydrogen-bond acceptors (Lipinski definition) is 7. The molecule has 8 heteroatoms. The molecule has 44 heavy (non-hydrogen) atoms. The largest absolute Gasteiger partial charge is 0.489 e. The van der Waals surface area contributed by atoms with Crippen LogP contribution in [-0.4, -0.2) is 22.2 Å². The minimum Gasteiger partial charge on any atom is -0.489 e. The molecule has 1 fully saturated rings. The molecule has 0 aliphatic carbocycles. The third kappa shape index (κ3) is 7.73. The second kappa shape index (κ2) is 14.2. The summed E-state index contributed by atoms with van der Waals surface area (Å²) in [4.78, 5) is 15.6. The molecule has 1 aliphatic heterocycles. The first-order valence-electron chi connectivity index (χ1n) is 14.1. The maximum absolute atomic E-state index is 13.5. The Balaban J connectivity index is 1.17. The van der Waals surface area contributed by atoms with Gasteiger partial charge >= 0.3 is 0 Å². The van der Waals surface area contributed by atoms with Crippen LogP contribution >= 0.6 is 11.8 Å². The number of amides is 1. The first-order chi connectivity index (χ1) is 21.7. The van der Waals surface area contributed by atoms with Crippen LogP contribution in [-0.2, 0) is 24.6 Å². The normalized spacial score (nSPS) is 15.0. The smallest absolute Gasteiger partial charge is 0.267 e. The number of thioether (sulfide) groups is 1. The molecule has 0 radical (unpaired) electrons. The zero-order valence-electron chi connectivity index (χ0n) is 23.8. The summed E-state index contributed by atoms with van der Waals surface area (Å²) in [5.74, 6) is 1.93. The van der Waals surface area contributed by atoms with E-state index < -0.39 is 0 Å². The lowest BCUT2D eigenvalue weighted by molar-refractivity contribution is -0.122. The van der Waals surface area contributed by atoms with Crippen molar-refractivity contribution in [1.82, 2.24) is 4.90 Å². The fraction of sp³-hybridized carbons (Fsp3) is 0.0833. The molecule has 0 spiro atoms. The predicted molar refractivity (Wildman–Crippen MR) is 174 cm³/mol. The molecule has 1 aromatic heterocycles. The van der Waals surface area contributed by atoms with Crippen LogP contribution < -0.4 is 9.47 Å². The highest BCUT2D eigenvalue weighted by Crippen LogP contribution is 2.34. The van der Waals surface area contributed by atoms with Crippen LogP contribution in [0.2, 0.25) is 0 Å². The van der Waals surface area contributed by atoms with Gasteiger partial charge in [0, 0.05) is 0 Å². The highest BCUT2D eigenvalue weighted by molar-refractivity contribution is 8.18. The third-order valence-electron chi connectivity index (χ3n) is 6.64. The Morgan fingerprint density at radius 1 is 0.727 bits per heavy atom. The number of furan rings is 1. The lowest BCUT2D eigenvalue weighted by atomic mass is 10.2. The molecular weight excluding hydrogens is 570 g/mol. The van der Waals surface area contributed by atoms with E-state index >= 15 is 0 Å². The summed E-state index contributed by atoms with van der Waals surface area (Å²) in [5.41, 5.74) is 3.85. The van der Waals surface area contributed by atoms with E-state index in [2.05, 4.69) is 10.2 Å². The van der Waals surface area contributed by atoms with E-state index in [1.807, 2.05) is 121 Å². The van der Waals surface area contributed by atoms with Crippen LogP contribution in [0.1, 0.15) is 28.0 Å². The number of amidine groups is 1. The van der Waals surface area contributed by atoms with E-state index in [-0.39, 0.29) is 12.5 Å². The predicted octanol–water partition coefficient (Wildman–Crippen LogP) is 7.94. The first kappa shape index (κ1) is 28.8. The van der Waals surface area contributed by atoms with Crippen molar-refractivity contribution in [2.75, 3.05) is 0 Å². The van der Waals surface area contributed by atoms with Gasteiger partial charge in [0.2, 0.25) is 0 Å². The molecule has 4 aromatic carbocycles. The van der Waals surface area contributed by atoms with Gasteiger partial charge in [0.15, 0.2) is 5.17 Å². The van der Waals surface area contributed by atoms with Gasteiger partial charge in [-0.15, -0.1) is 5.10 Å². The highest BCUT2D eigenvalue weighted by atomic mass is 32.2. The minimum atomic E-state index is -0.174. The average Bonchev–Trinajstić information content (AvgIpc) is 3.69. The maximum atomic E-state index is 13.5. The van der Waals surface area contributed by atoms with E-state index in [9.17, 15) is 4.79 Å². The van der Waals surface area contributed by atoms with Crippen LogP contribution in [0.25, 0.3) is 6.08 Å². The minimum absolute atomic E-state index is 0.174. The molecule has 5 aromatic rings. The SMILES string of the molecule is O=C1/C(=C/c2cccc(OCc3ccccc3)c2)S/C(=N/N=C/c2cccc(OCc3ccccc3)c2)N1Cc1ccco1. The molecule has 1 amide bonds. The van der Waals surface area contributed by atoms with Gasteiger partial charge in [-0.25, -0.2) is 0 Å². The summed E-state index contributed by atoms with van der Waals surface area (Å²) in [6, 6.07) is 38.9. The summed E-state index contributed by atoms with van der Waals surface area (Å²) in [5, 5.41) is 9.21. The number of carbonyl (C=O) groups is 1. The zero-order chi connectivity index (χ0) is 30.0. The summed E-state index contributed by atoms with van der Waals surface area (Å²) >= 11 is 1.27. The van der Waals surface area contributed by atoms with Gasteiger partial charge in [0.25, 0.3) is 5.91 Å². The van der Waals surface area contributed by atoms with Crippen molar-refractivity contribution in [2.24, 2.45) is 10.2 Å². The second-order valence-electron chi connectivity index (χ2n) is 9.90. The molecule has 0 atom stereocenters. The van der Waals surface area contributed by atoms with Gasteiger partial charge in [-0.2, -0.15) is 5.10 Å². The fourth-order valence-electron chi connectivity index (χ4n) is 4.44. The van der Waals surface area contributed by atoms with E-state index in [0.29, 0.717) is 29.0 Å². The molecule has 1 aliphatic rings. The Bertz CT molecular complexity index is 1780. The van der Waals surface area contributed by atoms with E-state index in [0.717, 1.165) is 33.8 Å². The van der Waals surface area contributed by atoms with Crippen molar-refractivity contribution in [1.29, 1.82) is 0 Å². The van der Waals surface area contributed by atoms with Crippen molar-refractivity contribution >= 4 is 35.1 Å². The second-order valence-corrected chi connectivity index (χ2v) is 10.9. The maximum Gasteiger partial charge on any atom is 0.267 e. The molecule has 0 unspecified atom stereocenters. The number of benzene rings is 4. The molecule has 0 bridgehead atoms. The number of carbonyl (C=O) groups excluding carboxylic acids is 1. The van der Waals surface area contributed by atoms with E-state index in [1.54, 1.807) is 23.4 Å². The number of hydrogen-bond donors (Lipinski definition) is 0. The van der Waals surface area contributed by atoms with Crippen molar-refractivity contribution in [3.63, 3.8) is 0 Å². The molecule has 0 saturated carbocycles. The molecular formula is C36H29N3O4S. The highest BCUT2D eigenvalue weighted by Gasteiger charge is 2.34. The van der Waals surface area contributed by atoms with Crippen molar-refractivity contribution < 1.29 is 18.7 Å². The Morgan fingerprint density at radius 3 is 2.00 bits per heavy atom. The lowest BCUT2D eigenvalue weighted by Gasteiger charge is -2.12. The molecule has 1 saturated heterocycles. The van der Waals surface area contributed by atoms with Gasteiger partial charge in [-0.05, 0) is 76.5 Å². The van der Waals surface area contributed by atoms with Gasteiger partial charge in [-0.1, -0.05) is 84.9 Å². The Labute approximate surface area is 260 Å². The lowest BCUT2D eigenvalue weighted by Crippen LogP contribution is -2.28.